The molecule has 0 spiro atoms. The van der Waals surface area contributed by atoms with Crippen LogP contribution in [-0.2, 0) is 0 Å². The summed E-state index contributed by atoms with van der Waals surface area (Å²) in [5.74, 6) is -0.0210. The molecule has 2 aromatic carbocycles. The highest BCUT2D eigenvalue weighted by Gasteiger charge is 2.32. The van der Waals surface area contributed by atoms with Crippen LogP contribution in [0.2, 0.25) is 0 Å². The molecule has 0 aliphatic heterocycles. The van der Waals surface area contributed by atoms with E-state index in [1.54, 1.807) is 4.52 Å². The van der Waals surface area contributed by atoms with E-state index in [2.05, 4.69) is 31.5 Å². The van der Waals surface area contributed by atoms with Crippen LogP contribution < -0.4 is 0 Å². The van der Waals surface area contributed by atoms with Crippen LogP contribution in [0.4, 0.5) is 0 Å². The number of aromatic nitrogens is 4. The monoisotopic (exact) mass is 350 g/mol. The number of nitrogens with zero attached hydrogens (tertiary/aromatic N) is 4. The van der Waals surface area contributed by atoms with E-state index in [9.17, 15) is 4.79 Å². The van der Waals surface area contributed by atoms with Crippen molar-refractivity contribution in [2.75, 3.05) is 0 Å². The van der Waals surface area contributed by atoms with Crippen LogP contribution in [0.3, 0.4) is 0 Å². The predicted octanol–water partition coefficient (Wildman–Crippen LogP) is 3.25. The number of halogens is 1. The van der Waals surface area contributed by atoms with Gasteiger partial charge in [0.2, 0.25) is 0 Å². The molecule has 1 aliphatic rings. The first-order valence-electron chi connectivity index (χ1n) is 6.73. The maximum Gasteiger partial charge on any atom is 0.198 e. The number of pyridine rings is 1. The van der Waals surface area contributed by atoms with Crippen LogP contribution in [-0.4, -0.2) is 25.8 Å². The number of fused-ring (bicyclic) bond motifs is 8. The lowest BCUT2D eigenvalue weighted by Crippen LogP contribution is -2.01. The number of tetrazole rings is 1. The molecule has 0 fully saturated rings. The fraction of sp³-hybridized carbons (Fsp3) is 0. The van der Waals surface area contributed by atoms with Crippen molar-refractivity contribution in [2.45, 2.75) is 0 Å². The lowest BCUT2D eigenvalue weighted by Gasteiger charge is -2.08. The van der Waals surface area contributed by atoms with E-state index >= 15 is 0 Å². The summed E-state index contributed by atoms with van der Waals surface area (Å²) in [7, 11) is 0. The first-order valence-corrected chi connectivity index (χ1v) is 7.52. The SMILES string of the molecule is O=C1c2ccccc2-c2c1c1nnnn1c1ccc(Br)cc21. The van der Waals surface area contributed by atoms with Crippen molar-refractivity contribution in [3.05, 3.63) is 58.1 Å². The molecule has 6 heteroatoms. The Kier molecular flexibility index (Phi) is 2.17. The first kappa shape index (κ1) is 12.0. The predicted molar refractivity (Wildman–Crippen MR) is 84.9 cm³/mol. The van der Waals surface area contributed by atoms with Gasteiger partial charge in [0.05, 0.1) is 11.1 Å². The average molecular weight is 351 g/mol. The van der Waals surface area contributed by atoms with Gasteiger partial charge >= 0.3 is 0 Å². The summed E-state index contributed by atoms with van der Waals surface area (Å²) < 4.78 is 2.58. The average Bonchev–Trinajstić information content (AvgIpc) is 3.11. The summed E-state index contributed by atoms with van der Waals surface area (Å²) >= 11 is 3.50. The van der Waals surface area contributed by atoms with Gasteiger partial charge in [-0.2, -0.15) is 4.52 Å². The smallest absolute Gasteiger partial charge is 0.198 e. The molecule has 104 valence electrons. The Morgan fingerprint density at radius 2 is 1.82 bits per heavy atom. The lowest BCUT2D eigenvalue weighted by atomic mass is 10.0. The van der Waals surface area contributed by atoms with Gasteiger partial charge in [0, 0.05) is 21.0 Å². The van der Waals surface area contributed by atoms with Crippen molar-refractivity contribution in [1.29, 1.82) is 0 Å². The summed E-state index contributed by atoms with van der Waals surface area (Å²) in [5.41, 5.74) is 4.53. The Balaban J connectivity index is 2.12. The summed E-state index contributed by atoms with van der Waals surface area (Å²) in [6, 6.07) is 13.5. The van der Waals surface area contributed by atoms with Crippen LogP contribution in [0.5, 0.6) is 0 Å². The van der Waals surface area contributed by atoms with Gasteiger partial charge < -0.3 is 0 Å². The molecule has 0 saturated carbocycles. The number of benzene rings is 2. The molecule has 5 rings (SSSR count). The van der Waals surface area contributed by atoms with E-state index in [0.29, 0.717) is 16.8 Å². The fourth-order valence-corrected chi connectivity index (χ4v) is 3.53. The zero-order chi connectivity index (χ0) is 14.8. The number of carbonyl (C=O) groups is 1. The van der Waals surface area contributed by atoms with Crippen molar-refractivity contribution in [1.82, 2.24) is 20.0 Å². The molecule has 0 amide bonds. The van der Waals surface area contributed by atoms with E-state index in [1.165, 1.54) is 0 Å². The van der Waals surface area contributed by atoms with Crippen molar-refractivity contribution in [3.8, 4) is 11.1 Å². The van der Waals surface area contributed by atoms with E-state index < -0.39 is 0 Å². The van der Waals surface area contributed by atoms with Crippen molar-refractivity contribution in [3.63, 3.8) is 0 Å². The van der Waals surface area contributed by atoms with Crippen molar-refractivity contribution in [2.24, 2.45) is 0 Å². The van der Waals surface area contributed by atoms with Gasteiger partial charge in [0.15, 0.2) is 11.4 Å². The largest absolute Gasteiger partial charge is 0.288 e. The number of hydrogen-bond donors (Lipinski definition) is 0. The normalized spacial score (nSPS) is 12.9. The maximum absolute atomic E-state index is 12.8. The van der Waals surface area contributed by atoms with E-state index in [1.807, 2.05) is 42.5 Å². The lowest BCUT2D eigenvalue weighted by molar-refractivity contribution is 0.104. The van der Waals surface area contributed by atoms with Gasteiger partial charge in [-0.05, 0) is 34.2 Å². The molecule has 5 nitrogen and oxygen atoms in total. The van der Waals surface area contributed by atoms with E-state index in [-0.39, 0.29) is 5.78 Å². The second-order valence-electron chi connectivity index (χ2n) is 5.20. The molecule has 0 radical (unpaired) electrons. The second-order valence-corrected chi connectivity index (χ2v) is 6.12. The molecule has 1 aliphatic carbocycles. The third-order valence-corrected chi connectivity index (χ3v) is 4.56. The maximum atomic E-state index is 12.8. The number of rotatable bonds is 0. The Morgan fingerprint density at radius 1 is 1.00 bits per heavy atom. The van der Waals surface area contributed by atoms with Gasteiger partial charge in [0.1, 0.15) is 0 Å². The van der Waals surface area contributed by atoms with Gasteiger partial charge in [0.25, 0.3) is 0 Å². The third kappa shape index (κ3) is 1.33. The molecule has 2 heterocycles. The van der Waals surface area contributed by atoms with Crippen LogP contribution in [0.1, 0.15) is 15.9 Å². The zero-order valence-corrected chi connectivity index (χ0v) is 12.7. The highest BCUT2D eigenvalue weighted by atomic mass is 79.9. The standard InChI is InChI=1S/C16H7BrN4O/c17-8-5-6-12-11(7-8)13-9-3-1-2-4-10(9)15(22)14(13)16-18-19-20-21(12)16/h1-7H. The minimum atomic E-state index is -0.0210. The quantitative estimate of drug-likeness (QED) is 0.430. The van der Waals surface area contributed by atoms with Gasteiger partial charge in [-0.15, -0.1) is 5.10 Å². The summed E-state index contributed by atoms with van der Waals surface area (Å²) in [4.78, 5) is 12.8. The first-order chi connectivity index (χ1) is 10.8. The van der Waals surface area contributed by atoms with Crippen LogP contribution in [0.15, 0.2) is 46.9 Å². The van der Waals surface area contributed by atoms with Gasteiger partial charge in [-0.25, -0.2) is 0 Å². The van der Waals surface area contributed by atoms with Crippen molar-refractivity contribution < 1.29 is 4.79 Å². The third-order valence-electron chi connectivity index (χ3n) is 4.07. The number of ketones is 1. The minimum absolute atomic E-state index is 0.0210. The second kappa shape index (κ2) is 3.98. The highest BCUT2D eigenvalue weighted by Crippen LogP contribution is 2.43. The molecule has 0 atom stereocenters. The molecule has 22 heavy (non-hydrogen) atoms. The molecule has 0 N–H and O–H groups in total. The van der Waals surface area contributed by atoms with Crippen molar-refractivity contribution >= 4 is 38.3 Å². The van der Waals surface area contributed by atoms with Gasteiger partial charge in [-0.1, -0.05) is 40.2 Å². The summed E-state index contributed by atoms with van der Waals surface area (Å²) in [6.45, 7) is 0. The molecule has 2 aromatic heterocycles. The minimum Gasteiger partial charge on any atom is -0.288 e. The molecular weight excluding hydrogens is 344 g/mol. The van der Waals surface area contributed by atoms with E-state index in [0.717, 1.165) is 26.5 Å². The topological polar surface area (TPSA) is 60.2 Å². The molecule has 0 saturated heterocycles. The summed E-state index contributed by atoms with van der Waals surface area (Å²) in [6.07, 6.45) is 0. The zero-order valence-electron chi connectivity index (χ0n) is 11.1. The van der Waals surface area contributed by atoms with Gasteiger partial charge in [-0.3, -0.25) is 4.79 Å². The Bertz CT molecular complexity index is 1120. The summed E-state index contributed by atoms with van der Waals surface area (Å²) in [5, 5.41) is 12.8. The van der Waals surface area contributed by atoms with E-state index in [4.69, 9.17) is 0 Å². The van der Waals surface area contributed by atoms with Crippen LogP contribution >= 0.6 is 15.9 Å². The molecule has 0 unspecified atom stereocenters. The molecular formula is C16H7BrN4O. The highest BCUT2D eigenvalue weighted by molar-refractivity contribution is 9.10. The Hall–Kier alpha value is -2.60. The number of carbonyl (C=O) groups excluding carboxylic acids is 1. The molecule has 4 aromatic rings. The van der Waals surface area contributed by atoms with Crippen LogP contribution in [0.25, 0.3) is 27.7 Å². The Morgan fingerprint density at radius 3 is 2.68 bits per heavy atom. The van der Waals surface area contributed by atoms with Crippen LogP contribution in [0, 0.1) is 0 Å². The Labute approximate surface area is 132 Å². The number of hydrogen-bond acceptors (Lipinski definition) is 4. The molecule has 0 bridgehead atoms. The fourth-order valence-electron chi connectivity index (χ4n) is 3.17.